The van der Waals surface area contributed by atoms with E-state index >= 15 is 0 Å². The van der Waals surface area contributed by atoms with E-state index in [2.05, 4.69) is 25.3 Å². The normalized spacial score (nSPS) is 10.7. The number of aromatic nitrogens is 1. The highest BCUT2D eigenvalue weighted by Gasteiger charge is 2.17. The molecule has 5 heteroatoms. The molecule has 3 nitrogen and oxygen atoms in total. The van der Waals surface area contributed by atoms with Gasteiger partial charge >= 0.3 is 0 Å². The molecular weight excluding hydrogens is 314 g/mol. The van der Waals surface area contributed by atoms with E-state index in [1.807, 2.05) is 18.2 Å². The molecule has 0 aliphatic carbocycles. The second-order valence-electron chi connectivity index (χ2n) is 4.92. The molecule has 1 aromatic carbocycles. The average Bonchev–Trinajstić information content (AvgIpc) is 3.12. The van der Waals surface area contributed by atoms with Crippen LogP contribution >= 0.6 is 22.7 Å². The molecule has 0 amide bonds. The first-order valence-electron chi connectivity index (χ1n) is 6.88. The fraction of sp³-hybridized carbons (Fsp3) is 0.235. The zero-order chi connectivity index (χ0) is 15.7. The number of methoxy groups -OCH3 is 2. The molecule has 3 rings (SSSR count). The minimum absolute atomic E-state index is 0.780. The summed E-state index contributed by atoms with van der Waals surface area (Å²) in [6, 6.07) is 7.96. The lowest BCUT2D eigenvalue weighted by atomic mass is 10.1. The Hall–Kier alpha value is -1.85. The fourth-order valence-corrected chi connectivity index (χ4v) is 4.34. The first-order chi connectivity index (χ1) is 10.6. The van der Waals surface area contributed by atoms with Crippen molar-refractivity contribution >= 4 is 22.7 Å². The minimum atomic E-state index is 0.780. The maximum atomic E-state index is 5.51. The van der Waals surface area contributed by atoms with Crippen LogP contribution in [0.2, 0.25) is 0 Å². The Labute approximate surface area is 138 Å². The minimum Gasteiger partial charge on any atom is -0.497 e. The van der Waals surface area contributed by atoms with Gasteiger partial charge in [-0.3, -0.25) is 0 Å². The van der Waals surface area contributed by atoms with Gasteiger partial charge in [0.05, 0.1) is 24.8 Å². The van der Waals surface area contributed by atoms with Gasteiger partial charge in [-0.25, -0.2) is 4.98 Å². The van der Waals surface area contributed by atoms with Crippen molar-refractivity contribution in [3.8, 4) is 32.6 Å². The van der Waals surface area contributed by atoms with Crippen molar-refractivity contribution < 1.29 is 9.47 Å². The van der Waals surface area contributed by atoms with Crippen molar-refractivity contribution in [1.82, 2.24) is 4.98 Å². The predicted octanol–water partition coefficient (Wildman–Crippen LogP) is 5.17. The number of thiophene rings is 1. The van der Waals surface area contributed by atoms with E-state index in [0.29, 0.717) is 0 Å². The molecule has 3 aromatic rings. The number of benzene rings is 1. The summed E-state index contributed by atoms with van der Waals surface area (Å²) in [4.78, 5) is 7.28. The molecule has 0 bridgehead atoms. The van der Waals surface area contributed by atoms with Crippen LogP contribution in [0.5, 0.6) is 11.5 Å². The molecule has 0 unspecified atom stereocenters. The topological polar surface area (TPSA) is 31.4 Å². The summed E-state index contributed by atoms with van der Waals surface area (Å²) in [5, 5.41) is 3.17. The van der Waals surface area contributed by atoms with E-state index in [0.717, 1.165) is 27.8 Å². The molecule has 114 valence electrons. The molecule has 2 aromatic heterocycles. The zero-order valence-electron chi connectivity index (χ0n) is 13.0. The third kappa shape index (κ3) is 2.62. The Morgan fingerprint density at radius 1 is 1.05 bits per heavy atom. The van der Waals surface area contributed by atoms with E-state index in [4.69, 9.17) is 14.5 Å². The van der Waals surface area contributed by atoms with Crippen molar-refractivity contribution in [3.05, 3.63) is 40.1 Å². The quantitative estimate of drug-likeness (QED) is 0.660. The number of nitrogens with zero attached hydrogens (tertiary/aromatic N) is 1. The lowest BCUT2D eigenvalue weighted by molar-refractivity contribution is 0.395. The highest BCUT2D eigenvalue weighted by atomic mass is 32.1. The maximum Gasteiger partial charge on any atom is 0.134 e. The zero-order valence-corrected chi connectivity index (χ0v) is 14.6. The van der Waals surface area contributed by atoms with Gasteiger partial charge in [-0.2, -0.15) is 0 Å². The summed E-state index contributed by atoms with van der Waals surface area (Å²) in [6.45, 7) is 4.22. The Balaban J connectivity index is 2.10. The summed E-state index contributed by atoms with van der Waals surface area (Å²) in [6.07, 6.45) is 0. The molecule has 2 heterocycles. The van der Waals surface area contributed by atoms with E-state index in [9.17, 15) is 0 Å². The first kappa shape index (κ1) is 15.1. The van der Waals surface area contributed by atoms with Crippen molar-refractivity contribution in [2.75, 3.05) is 14.2 Å². The number of thiazole rings is 1. The van der Waals surface area contributed by atoms with Gasteiger partial charge in [0.25, 0.3) is 0 Å². The van der Waals surface area contributed by atoms with Crippen LogP contribution in [0.3, 0.4) is 0 Å². The van der Waals surface area contributed by atoms with Crippen LogP contribution in [-0.2, 0) is 0 Å². The predicted molar refractivity (Wildman–Crippen MR) is 93.4 cm³/mol. The second-order valence-corrected chi connectivity index (χ2v) is 7.04. The van der Waals surface area contributed by atoms with Crippen LogP contribution in [0.4, 0.5) is 0 Å². The molecule has 0 aliphatic heterocycles. The molecule has 0 N–H and O–H groups in total. The Morgan fingerprint density at radius 2 is 1.86 bits per heavy atom. The molecule has 0 aliphatic rings. The van der Waals surface area contributed by atoms with Gasteiger partial charge in [0.2, 0.25) is 0 Å². The largest absolute Gasteiger partial charge is 0.497 e. The van der Waals surface area contributed by atoms with Crippen molar-refractivity contribution in [2.45, 2.75) is 13.8 Å². The van der Waals surface area contributed by atoms with Crippen molar-refractivity contribution in [1.29, 1.82) is 0 Å². The average molecular weight is 331 g/mol. The summed E-state index contributed by atoms with van der Waals surface area (Å²) in [5.41, 5.74) is 3.25. The van der Waals surface area contributed by atoms with E-state index in [1.165, 1.54) is 15.3 Å². The molecule has 0 fully saturated rings. The molecule has 0 saturated heterocycles. The smallest absolute Gasteiger partial charge is 0.134 e. The van der Waals surface area contributed by atoms with Crippen LogP contribution in [0.25, 0.3) is 21.1 Å². The third-order valence-corrected chi connectivity index (χ3v) is 5.66. The van der Waals surface area contributed by atoms with E-state index in [-0.39, 0.29) is 0 Å². The van der Waals surface area contributed by atoms with E-state index in [1.54, 1.807) is 36.9 Å². The Kier molecular flexibility index (Phi) is 4.18. The number of ether oxygens (including phenoxy) is 2. The number of hydrogen-bond acceptors (Lipinski definition) is 5. The molecule has 0 radical (unpaired) electrons. The third-order valence-electron chi connectivity index (χ3n) is 3.52. The summed E-state index contributed by atoms with van der Waals surface area (Å²) in [5.74, 6) is 1.56. The van der Waals surface area contributed by atoms with Crippen LogP contribution in [0.15, 0.2) is 29.6 Å². The summed E-state index contributed by atoms with van der Waals surface area (Å²) in [7, 11) is 3.32. The van der Waals surface area contributed by atoms with Crippen LogP contribution in [0.1, 0.15) is 10.4 Å². The van der Waals surface area contributed by atoms with Crippen molar-refractivity contribution in [3.63, 3.8) is 0 Å². The van der Waals surface area contributed by atoms with Gasteiger partial charge in [0.15, 0.2) is 0 Å². The van der Waals surface area contributed by atoms with Gasteiger partial charge in [0, 0.05) is 16.5 Å². The van der Waals surface area contributed by atoms with Gasteiger partial charge in [-0.1, -0.05) is 0 Å². The monoisotopic (exact) mass is 331 g/mol. The Bertz CT molecular complexity index is 805. The number of hydrogen-bond donors (Lipinski definition) is 0. The molecule has 0 atom stereocenters. The fourth-order valence-electron chi connectivity index (χ4n) is 2.33. The van der Waals surface area contributed by atoms with Crippen LogP contribution in [-0.4, -0.2) is 19.2 Å². The molecule has 0 saturated carbocycles. The number of rotatable bonds is 4. The second kappa shape index (κ2) is 6.10. The van der Waals surface area contributed by atoms with E-state index < -0.39 is 0 Å². The molecule has 22 heavy (non-hydrogen) atoms. The lowest BCUT2D eigenvalue weighted by Crippen LogP contribution is -1.91. The maximum absolute atomic E-state index is 5.51. The van der Waals surface area contributed by atoms with Gasteiger partial charge < -0.3 is 9.47 Å². The highest BCUT2D eigenvalue weighted by molar-refractivity contribution is 7.21. The summed E-state index contributed by atoms with van der Waals surface area (Å²) >= 11 is 3.46. The Morgan fingerprint density at radius 3 is 2.50 bits per heavy atom. The van der Waals surface area contributed by atoms with Crippen LogP contribution in [0, 0.1) is 13.8 Å². The van der Waals surface area contributed by atoms with Gasteiger partial charge in [0.1, 0.15) is 16.5 Å². The standard InChI is InChI=1S/C17H17NO2S2/c1-10-7-8-21-16(10)17-18-15(11(2)22-17)13-6-5-12(19-3)9-14(13)20-4/h5-9H,1-4H3. The van der Waals surface area contributed by atoms with Crippen molar-refractivity contribution in [2.24, 2.45) is 0 Å². The SMILES string of the molecule is COc1ccc(-c2nc(-c3sccc3C)sc2C)c(OC)c1. The lowest BCUT2D eigenvalue weighted by Gasteiger charge is -2.09. The van der Waals surface area contributed by atoms with Crippen LogP contribution < -0.4 is 9.47 Å². The van der Waals surface area contributed by atoms with Gasteiger partial charge in [-0.15, -0.1) is 22.7 Å². The van der Waals surface area contributed by atoms with Gasteiger partial charge in [-0.05, 0) is 43.0 Å². The molecular formula is C17H17NO2S2. The highest BCUT2D eigenvalue weighted by Crippen LogP contribution is 2.40. The summed E-state index contributed by atoms with van der Waals surface area (Å²) < 4.78 is 10.8. The first-order valence-corrected chi connectivity index (χ1v) is 8.58. The molecule has 0 spiro atoms. The number of aryl methyl sites for hydroxylation is 2.